The minimum atomic E-state index is -0.101. The second kappa shape index (κ2) is 13.1. The molecule has 0 radical (unpaired) electrons. The summed E-state index contributed by atoms with van der Waals surface area (Å²) in [5.74, 6) is 3.19. The Bertz CT molecular complexity index is 895. The van der Waals surface area contributed by atoms with Crippen LogP contribution < -0.4 is 14.2 Å². The van der Waals surface area contributed by atoms with Crippen molar-refractivity contribution in [2.75, 3.05) is 19.8 Å². The maximum atomic E-state index is 13.1. The maximum Gasteiger partial charge on any atom is 0.186 e. The van der Waals surface area contributed by atoms with E-state index >= 15 is 0 Å². The van der Waals surface area contributed by atoms with Crippen LogP contribution in [-0.2, 0) is 6.42 Å². The maximum absolute atomic E-state index is 13.1. The zero-order chi connectivity index (χ0) is 24.4. The Kier molecular flexibility index (Phi) is 10.5. The minimum absolute atomic E-state index is 0.101. The van der Waals surface area contributed by atoms with Gasteiger partial charge in [-0.3, -0.25) is 4.79 Å². The van der Waals surface area contributed by atoms with Crippen molar-refractivity contribution in [3.8, 4) is 17.2 Å². The molecule has 0 spiro atoms. The molecule has 180 valence electrons. The summed E-state index contributed by atoms with van der Waals surface area (Å²) in [6, 6.07) is 11.6. The predicted molar refractivity (Wildman–Crippen MR) is 137 cm³/mol. The normalized spacial score (nSPS) is 11.6. The first kappa shape index (κ1) is 26.5. The molecule has 0 atom stereocenters. The lowest BCUT2D eigenvalue weighted by Gasteiger charge is -2.14. The Labute approximate surface area is 200 Å². The van der Waals surface area contributed by atoms with Crippen LogP contribution >= 0.6 is 0 Å². The minimum Gasteiger partial charge on any atom is -0.493 e. The molecule has 0 heterocycles. The van der Waals surface area contributed by atoms with Gasteiger partial charge in [0.25, 0.3) is 0 Å². The van der Waals surface area contributed by atoms with Gasteiger partial charge in [0, 0.05) is 17.2 Å². The van der Waals surface area contributed by atoms with E-state index in [0.717, 1.165) is 17.7 Å². The fourth-order valence-electron chi connectivity index (χ4n) is 3.00. The van der Waals surface area contributed by atoms with E-state index in [1.807, 2.05) is 18.2 Å². The fraction of sp³-hybridized carbons (Fsp3) is 0.483. The quantitative estimate of drug-likeness (QED) is 0.237. The molecule has 0 aliphatic rings. The molecule has 4 heteroatoms. The van der Waals surface area contributed by atoms with Gasteiger partial charge in [0.05, 0.1) is 19.8 Å². The van der Waals surface area contributed by atoms with Gasteiger partial charge < -0.3 is 14.2 Å². The third-order valence-corrected chi connectivity index (χ3v) is 4.80. The van der Waals surface area contributed by atoms with E-state index in [4.69, 9.17) is 14.2 Å². The lowest BCUT2D eigenvalue weighted by Crippen LogP contribution is -2.08. The van der Waals surface area contributed by atoms with E-state index in [1.54, 1.807) is 18.2 Å². The number of hydrogen-bond acceptors (Lipinski definition) is 4. The lowest BCUT2D eigenvalue weighted by atomic mass is 10.0. The predicted octanol–water partition coefficient (Wildman–Crippen LogP) is 7.25. The number of aryl methyl sites for hydroxylation is 1. The van der Waals surface area contributed by atoms with E-state index in [0.29, 0.717) is 54.6 Å². The average molecular weight is 453 g/mol. The molecule has 4 nitrogen and oxygen atoms in total. The van der Waals surface area contributed by atoms with E-state index in [2.05, 4.69) is 60.6 Å². The van der Waals surface area contributed by atoms with Crippen LogP contribution in [0.2, 0.25) is 0 Å². The lowest BCUT2D eigenvalue weighted by molar-refractivity contribution is 0.104. The molecular formula is C29H40O4. The standard InChI is InChI=1S/C29H40O4/c1-8-23-9-12-29(33-19-22(6)7)24(13-23)10-11-28(30)25-14-26(31-17-20(2)3)16-27(15-25)32-18-21(4)5/h9-16,20-22H,8,17-19H2,1-7H3. The largest absolute Gasteiger partial charge is 0.493 e. The molecule has 2 rings (SSSR count). The van der Waals surface area contributed by atoms with Crippen LogP contribution in [0.1, 0.15) is 70.0 Å². The number of carbonyl (C=O) groups is 1. The summed E-state index contributed by atoms with van der Waals surface area (Å²) in [5.41, 5.74) is 2.65. The number of allylic oxidation sites excluding steroid dienone is 1. The summed E-state index contributed by atoms with van der Waals surface area (Å²) in [6.07, 6.45) is 4.36. The number of benzene rings is 2. The van der Waals surface area contributed by atoms with Gasteiger partial charge in [-0.05, 0) is 66.2 Å². The summed E-state index contributed by atoms with van der Waals surface area (Å²) >= 11 is 0. The number of ether oxygens (including phenoxy) is 3. The van der Waals surface area contributed by atoms with Crippen molar-refractivity contribution in [1.82, 2.24) is 0 Å². The van der Waals surface area contributed by atoms with Crippen molar-refractivity contribution in [2.45, 2.75) is 54.9 Å². The van der Waals surface area contributed by atoms with Gasteiger partial charge in [-0.25, -0.2) is 0 Å². The molecule has 0 amide bonds. The average Bonchev–Trinajstić information content (AvgIpc) is 2.78. The van der Waals surface area contributed by atoms with Crippen LogP contribution in [0.15, 0.2) is 42.5 Å². The summed E-state index contributed by atoms with van der Waals surface area (Å²) in [7, 11) is 0. The Morgan fingerprint density at radius 3 is 1.85 bits per heavy atom. The molecule has 0 aliphatic heterocycles. The van der Waals surface area contributed by atoms with E-state index in [1.165, 1.54) is 5.56 Å². The monoisotopic (exact) mass is 452 g/mol. The van der Waals surface area contributed by atoms with Gasteiger partial charge in [0.2, 0.25) is 0 Å². The second-order valence-electron chi connectivity index (χ2n) is 9.73. The van der Waals surface area contributed by atoms with Gasteiger partial charge in [-0.2, -0.15) is 0 Å². The first-order valence-electron chi connectivity index (χ1n) is 12.1. The van der Waals surface area contributed by atoms with Crippen molar-refractivity contribution >= 4 is 11.9 Å². The molecule has 0 bridgehead atoms. The molecule has 2 aromatic carbocycles. The van der Waals surface area contributed by atoms with Gasteiger partial charge in [-0.15, -0.1) is 0 Å². The third kappa shape index (κ3) is 9.33. The van der Waals surface area contributed by atoms with Crippen molar-refractivity contribution in [3.05, 3.63) is 59.2 Å². The SMILES string of the molecule is CCc1ccc(OCC(C)C)c(C=CC(=O)c2cc(OCC(C)C)cc(OCC(C)C)c2)c1. The number of carbonyl (C=O) groups excluding carboxylic acids is 1. The molecule has 0 aliphatic carbocycles. The van der Waals surface area contributed by atoms with Gasteiger partial charge in [-0.1, -0.05) is 54.5 Å². The molecule has 0 N–H and O–H groups in total. The number of hydrogen-bond donors (Lipinski definition) is 0. The van der Waals surface area contributed by atoms with Crippen LogP contribution in [0, 0.1) is 17.8 Å². The van der Waals surface area contributed by atoms with Crippen molar-refractivity contribution < 1.29 is 19.0 Å². The third-order valence-electron chi connectivity index (χ3n) is 4.80. The van der Waals surface area contributed by atoms with Gasteiger partial charge in [0.1, 0.15) is 17.2 Å². The Morgan fingerprint density at radius 1 is 0.788 bits per heavy atom. The molecular weight excluding hydrogens is 412 g/mol. The summed E-state index contributed by atoms with van der Waals surface area (Å²) in [4.78, 5) is 13.1. The van der Waals surface area contributed by atoms with Crippen LogP contribution in [-0.4, -0.2) is 25.6 Å². The van der Waals surface area contributed by atoms with Gasteiger partial charge in [0.15, 0.2) is 5.78 Å². The molecule has 0 fully saturated rings. The zero-order valence-corrected chi connectivity index (χ0v) is 21.3. The van der Waals surface area contributed by atoms with E-state index in [9.17, 15) is 4.79 Å². The molecule has 33 heavy (non-hydrogen) atoms. The number of ketones is 1. The van der Waals surface area contributed by atoms with E-state index < -0.39 is 0 Å². The van der Waals surface area contributed by atoms with Crippen LogP contribution in [0.25, 0.3) is 6.08 Å². The highest BCUT2D eigenvalue weighted by Gasteiger charge is 2.11. The van der Waals surface area contributed by atoms with Crippen molar-refractivity contribution in [1.29, 1.82) is 0 Å². The van der Waals surface area contributed by atoms with Gasteiger partial charge >= 0.3 is 0 Å². The molecule has 0 unspecified atom stereocenters. The first-order valence-corrected chi connectivity index (χ1v) is 12.1. The molecule has 0 saturated heterocycles. The molecule has 0 aromatic heterocycles. The van der Waals surface area contributed by atoms with E-state index in [-0.39, 0.29) is 5.78 Å². The van der Waals surface area contributed by atoms with Crippen LogP contribution in [0.4, 0.5) is 0 Å². The highest BCUT2D eigenvalue weighted by Crippen LogP contribution is 2.26. The van der Waals surface area contributed by atoms with Crippen LogP contribution in [0.3, 0.4) is 0 Å². The smallest absolute Gasteiger partial charge is 0.186 e. The molecule has 2 aromatic rings. The van der Waals surface area contributed by atoms with Crippen LogP contribution in [0.5, 0.6) is 17.2 Å². The summed E-state index contributed by atoms with van der Waals surface area (Å²) < 4.78 is 17.8. The summed E-state index contributed by atoms with van der Waals surface area (Å²) in [6.45, 7) is 16.5. The first-order chi connectivity index (χ1) is 15.7. The zero-order valence-electron chi connectivity index (χ0n) is 21.3. The summed E-state index contributed by atoms with van der Waals surface area (Å²) in [5, 5.41) is 0. The Hall–Kier alpha value is -2.75. The fourth-order valence-corrected chi connectivity index (χ4v) is 3.00. The Balaban J connectivity index is 2.30. The van der Waals surface area contributed by atoms with Crippen molar-refractivity contribution in [2.24, 2.45) is 17.8 Å². The second-order valence-corrected chi connectivity index (χ2v) is 9.73. The molecule has 0 saturated carbocycles. The topological polar surface area (TPSA) is 44.8 Å². The Morgan fingerprint density at radius 2 is 1.33 bits per heavy atom. The number of rotatable bonds is 13. The van der Waals surface area contributed by atoms with Crippen molar-refractivity contribution in [3.63, 3.8) is 0 Å². The highest BCUT2D eigenvalue weighted by atomic mass is 16.5. The highest BCUT2D eigenvalue weighted by molar-refractivity contribution is 6.07.